The van der Waals surface area contributed by atoms with Crippen LogP contribution in [0.4, 0.5) is 30.4 Å². The van der Waals surface area contributed by atoms with Gasteiger partial charge in [0.2, 0.25) is 10.0 Å². The molecule has 2 fully saturated rings. The number of hydrogen-bond acceptors (Lipinski definition) is 7. The standard InChI is InChI=1S/C25H29F3N6O4S/c26-25(27,28)9-12-34-22-17(16-29-34)1-4-21(30-22)31-23(36)19-3-2-18(32-39(37,38)14-13-35)15-20(19)33-10-7-24(5-6-24)8-11-33/h1-4,15-16,32,35H,5-14H2,(H,30,31,36). The molecule has 1 saturated heterocycles. The van der Waals surface area contributed by atoms with Crippen molar-refractivity contribution in [2.75, 3.05) is 40.4 Å². The van der Waals surface area contributed by atoms with Crippen molar-refractivity contribution in [2.24, 2.45) is 5.41 Å². The molecule has 1 spiro atoms. The number of anilines is 3. The zero-order chi connectivity index (χ0) is 27.8. The van der Waals surface area contributed by atoms with Gasteiger partial charge in [-0.1, -0.05) is 0 Å². The fourth-order valence-electron chi connectivity index (χ4n) is 4.90. The number of fused-ring (bicyclic) bond motifs is 1. The number of carbonyl (C=O) groups is 1. The van der Waals surface area contributed by atoms with E-state index in [0.717, 1.165) is 30.6 Å². The van der Waals surface area contributed by atoms with E-state index in [1.54, 1.807) is 18.2 Å². The van der Waals surface area contributed by atoms with E-state index in [1.165, 1.54) is 31.2 Å². The number of carbonyl (C=O) groups excluding carboxylic acids is 1. The Labute approximate surface area is 223 Å². The molecule has 2 aromatic heterocycles. The van der Waals surface area contributed by atoms with Gasteiger partial charge < -0.3 is 15.3 Å². The third-order valence-electron chi connectivity index (χ3n) is 7.33. The molecule has 14 heteroatoms. The highest BCUT2D eigenvalue weighted by atomic mass is 32.2. The van der Waals surface area contributed by atoms with Crippen LogP contribution in [0.25, 0.3) is 11.0 Å². The van der Waals surface area contributed by atoms with Crippen molar-refractivity contribution in [3.05, 3.63) is 42.1 Å². The molecule has 0 bridgehead atoms. The monoisotopic (exact) mass is 566 g/mol. The molecule has 10 nitrogen and oxygen atoms in total. The summed E-state index contributed by atoms with van der Waals surface area (Å²) < 4.78 is 66.1. The van der Waals surface area contributed by atoms with E-state index in [9.17, 15) is 26.4 Å². The van der Waals surface area contributed by atoms with E-state index in [0.29, 0.717) is 22.1 Å². The molecular formula is C25H29F3N6O4S. The number of benzene rings is 1. The topological polar surface area (TPSA) is 129 Å². The van der Waals surface area contributed by atoms with Crippen LogP contribution in [0.3, 0.4) is 0 Å². The number of sulfonamides is 1. The average molecular weight is 567 g/mol. The van der Waals surface area contributed by atoms with Gasteiger partial charge in [-0.2, -0.15) is 18.3 Å². The van der Waals surface area contributed by atoms with E-state index in [-0.39, 0.29) is 17.2 Å². The number of halogens is 3. The third-order valence-corrected chi connectivity index (χ3v) is 8.60. The number of aryl methyl sites for hydroxylation is 1. The number of aliphatic hydroxyl groups excluding tert-OH is 1. The second-order valence-corrected chi connectivity index (χ2v) is 12.0. The zero-order valence-corrected chi connectivity index (χ0v) is 21.9. The summed E-state index contributed by atoms with van der Waals surface area (Å²) >= 11 is 0. The van der Waals surface area contributed by atoms with Crippen LogP contribution in [0.1, 0.15) is 42.5 Å². The minimum Gasteiger partial charge on any atom is -0.395 e. The molecule has 1 aliphatic carbocycles. The van der Waals surface area contributed by atoms with Crippen molar-refractivity contribution in [2.45, 2.75) is 44.8 Å². The molecule has 0 radical (unpaired) electrons. The molecule has 1 aromatic carbocycles. The minimum absolute atomic E-state index is 0.149. The molecule has 39 heavy (non-hydrogen) atoms. The maximum atomic E-state index is 13.4. The largest absolute Gasteiger partial charge is 0.395 e. The van der Waals surface area contributed by atoms with Crippen molar-refractivity contribution in [3.8, 4) is 0 Å². The van der Waals surface area contributed by atoms with Crippen LogP contribution in [0, 0.1) is 5.41 Å². The molecule has 2 aliphatic rings. The number of hydrogen-bond donors (Lipinski definition) is 3. The summed E-state index contributed by atoms with van der Waals surface area (Å²) in [6, 6.07) is 7.77. The molecule has 3 heterocycles. The van der Waals surface area contributed by atoms with Crippen LogP contribution in [0.5, 0.6) is 0 Å². The maximum absolute atomic E-state index is 13.4. The molecule has 1 amide bonds. The molecule has 0 unspecified atom stereocenters. The molecule has 210 valence electrons. The Balaban J connectivity index is 1.40. The first-order valence-electron chi connectivity index (χ1n) is 12.7. The summed E-state index contributed by atoms with van der Waals surface area (Å²) in [7, 11) is -3.76. The van der Waals surface area contributed by atoms with Crippen LogP contribution in [0.15, 0.2) is 36.5 Å². The van der Waals surface area contributed by atoms with E-state index in [2.05, 4.69) is 25.0 Å². The average Bonchev–Trinajstić information content (AvgIpc) is 3.49. The Morgan fingerprint density at radius 1 is 1.10 bits per heavy atom. The number of piperidine rings is 1. The number of aromatic nitrogens is 3. The van der Waals surface area contributed by atoms with Crippen molar-refractivity contribution in [1.29, 1.82) is 0 Å². The predicted molar refractivity (Wildman–Crippen MR) is 140 cm³/mol. The second-order valence-electron chi connectivity index (χ2n) is 10.2. The number of rotatable bonds is 9. The Morgan fingerprint density at radius 2 is 1.85 bits per heavy atom. The number of aliphatic hydroxyl groups is 1. The van der Waals surface area contributed by atoms with Crippen LogP contribution in [-0.2, 0) is 16.6 Å². The fraction of sp³-hybridized carbons (Fsp3) is 0.480. The summed E-state index contributed by atoms with van der Waals surface area (Å²) in [6.45, 7) is 0.514. The van der Waals surface area contributed by atoms with Gasteiger partial charge in [0, 0.05) is 18.5 Å². The Hall–Kier alpha value is -3.39. The lowest BCUT2D eigenvalue weighted by molar-refractivity contribution is -0.137. The summed E-state index contributed by atoms with van der Waals surface area (Å²) in [5, 5.41) is 16.3. The van der Waals surface area contributed by atoms with E-state index >= 15 is 0 Å². The first-order chi connectivity index (χ1) is 18.5. The van der Waals surface area contributed by atoms with Crippen molar-refractivity contribution in [1.82, 2.24) is 14.8 Å². The number of alkyl halides is 3. The molecule has 0 atom stereocenters. The van der Waals surface area contributed by atoms with E-state index in [1.807, 2.05) is 0 Å². The first-order valence-corrected chi connectivity index (χ1v) is 14.3. The van der Waals surface area contributed by atoms with Gasteiger partial charge in [0.1, 0.15) is 5.82 Å². The number of nitrogens with one attached hydrogen (secondary N) is 2. The van der Waals surface area contributed by atoms with E-state index in [4.69, 9.17) is 5.11 Å². The number of pyridine rings is 1. The summed E-state index contributed by atoms with van der Waals surface area (Å²) in [5.41, 5.74) is 1.74. The van der Waals surface area contributed by atoms with Gasteiger partial charge in [-0.05, 0) is 61.4 Å². The lowest BCUT2D eigenvalue weighted by Crippen LogP contribution is -2.35. The van der Waals surface area contributed by atoms with Gasteiger partial charge in [0.05, 0.1) is 48.5 Å². The number of amides is 1. The van der Waals surface area contributed by atoms with Crippen molar-refractivity contribution in [3.63, 3.8) is 0 Å². The molecule has 1 aliphatic heterocycles. The Morgan fingerprint density at radius 3 is 2.51 bits per heavy atom. The van der Waals surface area contributed by atoms with Gasteiger partial charge >= 0.3 is 6.18 Å². The Bertz CT molecular complexity index is 1480. The lowest BCUT2D eigenvalue weighted by Gasteiger charge is -2.35. The first kappa shape index (κ1) is 27.2. The highest BCUT2D eigenvalue weighted by molar-refractivity contribution is 7.92. The molecule has 3 aromatic rings. The summed E-state index contributed by atoms with van der Waals surface area (Å²) in [4.78, 5) is 19.8. The van der Waals surface area contributed by atoms with Crippen LogP contribution < -0.4 is 14.9 Å². The summed E-state index contributed by atoms with van der Waals surface area (Å²) in [6.07, 6.45) is 0.376. The molecular weight excluding hydrogens is 537 g/mol. The second kappa shape index (κ2) is 10.3. The van der Waals surface area contributed by atoms with Crippen molar-refractivity contribution >= 4 is 44.2 Å². The maximum Gasteiger partial charge on any atom is 0.390 e. The minimum atomic E-state index is -4.34. The highest BCUT2D eigenvalue weighted by Crippen LogP contribution is 2.54. The highest BCUT2D eigenvalue weighted by Gasteiger charge is 2.44. The van der Waals surface area contributed by atoms with Crippen molar-refractivity contribution < 1.29 is 31.5 Å². The van der Waals surface area contributed by atoms with Crippen LogP contribution >= 0.6 is 0 Å². The normalized spacial score (nSPS) is 17.0. The zero-order valence-electron chi connectivity index (χ0n) is 21.0. The van der Waals surface area contributed by atoms with Gasteiger partial charge in [0.15, 0.2) is 5.65 Å². The Kier molecular flexibility index (Phi) is 7.18. The van der Waals surface area contributed by atoms with E-state index < -0.39 is 47.4 Å². The van der Waals surface area contributed by atoms with Crippen LogP contribution in [0.2, 0.25) is 0 Å². The smallest absolute Gasteiger partial charge is 0.390 e. The lowest BCUT2D eigenvalue weighted by atomic mass is 9.93. The third kappa shape index (κ3) is 6.44. The fourth-order valence-corrected chi connectivity index (χ4v) is 5.73. The quantitative estimate of drug-likeness (QED) is 0.360. The molecule has 1 saturated carbocycles. The molecule has 5 rings (SSSR count). The SMILES string of the molecule is O=C(Nc1ccc2cnn(CCC(F)(F)F)c2n1)c1ccc(NS(=O)(=O)CCO)cc1N1CCC2(CC1)CC2. The summed E-state index contributed by atoms with van der Waals surface area (Å²) in [5.74, 6) is -0.796. The molecule has 3 N–H and O–H groups in total. The van der Waals surface area contributed by atoms with Gasteiger partial charge in [-0.15, -0.1) is 0 Å². The van der Waals surface area contributed by atoms with Crippen LogP contribution in [-0.4, -0.2) is 65.8 Å². The van der Waals surface area contributed by atoms with Gasteiger partial charge in [-0.3, -0.25) is 9.52 Å². The predicted octanol–water partition coefficient (Wildman–Crippen LogP) is 3.75. The number of nitrogens with zero attached hydrogens (tertiary/aromatic N) is 4. The van der Waals surface area contributed by atoms with Gasteiger partial charge in [-0.25, -0.2) is 18.1 Å². The van der Waals surface area contributed by atoms with Gasteiger partial charge in [0.25, 0.3) is 5.91 Å².